The minimum Gasteiger partial charge on any atom is -0.463 e. The quantitative estimate of drug-likeness (QED) is 0.427. The number of rotatable bonds is 5. The second-order valence-corrected chi connectivity index (χ2v) is 6.00. The first-order chi connectivity index (χ1) is 11.8. The summed E-state index contributed by atoms with van der Waals surface area (Å²) in [6, 6.07) is 0. The van der Waals surface area contributed by atoms with E-state index in [0.29, 0.717) is 11.8 Å². The zero-order valence-corrected chi connectivity index (χ0v) is 14.2. The topological polar surface area (TPSA) is 140 Å². The summed E-state index contributed by atoms with van der Waals surface area (Å²) in [6.45, 7) is 2.30. The molecule has 10 nitrogen and oxygen atoms in total. The number of esters is 2. The first kappa shape index (κ1) is 18.8. The Labute approximate surface area is 145 Å². The van der Waals surface area contributed by atoms with E-state index < -0.39 is 41.6 Å². The van der Waals surface area contributed by atoms with Crippen LogP contribution < -0.4 is 11.2 Å². The van der Waals surface area contributed by atoms with Crippen LogP contribution in [0.25, 0.3) is 0 Å². The number of carbonyl (C=O) groups excluding carboxylic acids is 2. The van der Waals surface area contributed by atoms with E-state index in [9.17, 15) is 19.2 Å². The van der Waals surface area contributed by atoms with Gasteiger partial charge in [-0.3, -0.25) is 23.9 Å². The highest BCUT2D eigenvalue weighted by Crippen LogP contribution is 2.30. The average molecular weight is 369 g/mol. The van der Waals surface area contributed by atoms with Crippen molar-refractivity contribution in [1.82, 2.24) is 9.55 Å². The number of aromatic amines is 1. The number of nitriles is 1. The molecule has 11 heteroatoms. The van der Waals surface area contributed by atoms with Crippen LogP contribution in [0.1, 0.15) is 26.5 Å². The van der Waals surface area contributed by atoms with Crippen molar-refractivity contribution in [3.05, 3.63) is 27.0 Å². The van der Waals surface area contributed by atoms with Gasteiger partial charge in [0.05, 0.1) is 0 Å². The van der Waals surface area contributed by atoms with Gasteiger partial charge < -0.3 is 14.2 Å². The van der Waals surface area contributed by atoms with E-state index in [1.807, 2.05) is 0 Å². The molecule has 1 aliphatic rings. The summed E-state index contributed by atoms with van der Waals surface area (Å²) < 4.78 is 16.8. The SMILES string of the molecule is CC(=O)OC[C@H]1O[C@@H](n2cc(SC#N)c(=O)[nH]c2=O)C[C@@H]1OC(C)=O. The Morgan fingerprint density at radius 1 is 1.44 bits per heavy atom. The molecule has 2 rings (SSSR count). The van der Waals surface area contributed by atoms with Gasteiger partial charge in [-0.1, -0.05) is 0 Å². The molecule has 3 atom stereocenters. The molecule has 1 aliphatic heterocycles. The third-order valence-electron chi connectivity index (χ3n) is 3.35. The lowest BCUT2D eigenvalue weighted by atomic mass is 10.2. The smallest absolute Gasteiger partial charge is 0.330 e. The van der Waals surface area contributed by atoms with Crippen molar-refractivity contribution in [1.29, 1.82) is 5.26 Å². The standard InChI is InChI=1S/C14H15N3O7S/c1-7(18)22-5-10-9(23-8(2)19)3-12(24-10)17-4-11(25-6-15)13(20)16-14(17)21/h4,9-10,12H,3,5H2,1-2H3,(H,16,20,21)/t9-,10+,12+/m0/s1. The Morgan fingerprint density at radius 3 is 2.76 bits per heavy atom. The van der Waals surface area contributed by atoms with Gasteiger partial charge in [0.25, 0.3) is 5.56 Å². The Morgan fingerprint density at radius 2 is 2.16 bits per heavy atom. The minimum atomic E-state index is -0.854. The maximum atomic E-state index is 12.0. The van der Waals surface area contributed by atoms with Gasteiger partial charge in [0, 0.05) is 26.5 Å². The number of nitrogens with zero attached hydrogens (tertiary/aromatic N) is 2. The molecule has 0 spiro atoms. The molecule has 0 unspecified atom stereocenters. The van der Waals surface area contributed by atoms with Crippen LogP contribution in [0.2, 0.25) is 0 Å². The molecule has 1 fully saturated rings. The number of carbonyl (C=O) groups is 2. The van der Waals surface area contributed by atoms with Crippen LogP contribution in [-0.4, -0.2) is 40.3 Å². The van der Waals surface area contributed by atoms with Crippen LogP contribution in [0.3, 0.4) is 0 Å². The Bertz CT molecular complexity index is 825. The fraction of sp³-hybridized carbons (Fsp3) is 0.500. The van der Waals surface area contributed by atoms with Gasteiger partial charge in [0.1, 0.15) is 35.3 Å². The summed E-state index contributed by atoms with van der Waals surface area (Å²) in [7, 11) is 0. The summed E-state index contributed by atoms with van der Waals surface area (Å²) >= 11 is 0.602. The summed E-state index contributed by atoms with van der Waals surface area (Å²) in [5.74, 6) is -1.07. The number of thiocyanates is 1. The van der Waals surface area contributed by atoms with Gasteiger partial charge >= 0.3 is 17.6 Å². The Kier molecular flexibility index (Phi) is 6.00. The van der Waals surface area contributed by atoms with E-state index in [4.69, 9.17) is 19.5 Å². The Hall–Kier alpha value is -2.58. The molecule has 2 heterocycles. The molecular weight excluding hydrogens is 354 g/mol. The minimum absolute atomic E-state index is 0.0261. The van der Waals surface area contributed by atoms with E-state index in [-0.39, 0.29) is 17.9 Å². The van der Waals surface area contributed by atoms with E-state index in [1.54, 1.807) is 5.40 Å². The maximum absolute atomic E-state index is 12.0. The summed E-state index contributed by atoms with van der Waals surface area (Å²) in [5, 5.41) is 10.5. The number of thioether (sulfide) groups is 1. The van der Waals surface area contributed by atoms with Crippen LogP contribution in [0, 0.1) is 10.7 Å². The van der Waals surface area contributed by atoms with E-state index in [2.05, 4.69) is 4.98 Å². The number of hydrogen-bond donors (Lipinski definition) is 1. The fourth-order valence-electron chi connectivity index (χ4n) is 2.36. The van der Waals surface area contributed by atoms with Crippen LogP contribution in [0.4, 0.5) is 0 Å². The van der Waals surface area contributed by atoms with Crippen molar-refractivity contribution in [2.75, 3.05) is 6.61 Å². The molecule has 25 heavy (non-hydrogen) atoms. The first-order valence-corrected chi connectivity index (χ1v) is 8.01. The second kappa shape index (κ2) is 8.00. The van der Waals surface area contributed by atoms with Gasteiger partial charge in [-0.25, -0.2) is 4.79 Å². The molecule has 0 aliphatic carbocycles. The fourth-order valence-corrected chi connectivity index (χ4v) is 2.77. The molecule has 0 radical (unpaired) electrons. The lowest BCUT2D eigenvalue weighted by molar-refractivity contribution is -0.155. The van der Waals surface area contributed by atoms with Crippen LogP contribution in [0.15, 0.2) is 20.7 Å². The molecule has 0 bridgehead atoms. The predicted molar refractivity (Wildman–Crippen MR) is 83.5 cm³/mol. The molecule has 1 aromatic heterocycles. The molecule has 0 saturated carbocycles. The highest BCUT2D eigenvalue weighted by atomic mass is 32.2. The van der Waals surface area contributed by atoms with Gasteiger partial charge in [0.15, 0.2) is 0 Å². The molecule has 0 aromatic carbocycles. The number of H-pyrrole nitrogens is 1. The predicted octanol–water partition coefficient (Wildman–Crippen LogP) is -0.108. The number of hydrogen-bond acceptors (Lipinski definition) is 9. The van der Waals surface area contributed by atoms with E-state index >= 15 is 0 Å². The van der Waals surface area contributed by atoms with Gasteiger partial charge in [0.2, 0.25) is 0 Å². The van der Waals surface area contributed by atoms with E-state index in [1.165, 1.54) is 20.0 Å². The zero-order valence-electron chi connectivity index (χ0n) is 13.4. The van der Waals surface area contributed by atoms with Gasteiger partial charge in [-0.05, 0) is 11.8 Å². The highest BCUT2D eigenvalue weighted by molar-refractivity contribution is 8.03. The monoisotopic (exact) mass is 369 g/mol. The maximum Gasteiger partial charge on any atom is 0.330 e. The number of aromatic nitrogens is 2. The third-order valence-corrected chi connectivity index (χ3v) is 3.95. The average Bonchev–Trinajstić information content (AvgIpc) is 2.90. The van der Waals surface area contributed by atoms with Crippen molar-refractivity contribution in [2.24, 2.45) is 0 Å². The lowest BCUT2D eigenvalue weighted by Crippen LogP contribution is -2.33. The number of nitrogens with one attached hydrogen (secondary N) is 1. The first-order valence-electron chi connectivity index (χ1n) is 7.19. The van der Waals surface area contributed by atoms with Crippen LogP contribution >= 0.6 is 11.8 Å². The Balaban J connectivity index is 2.27. The summed E-state index contributed by atoms with van der Waals surface area (Å²) in [6.07, 6.45) is -1.02. The molecule has 1 saturated heterocycles. The summed E-state index contributed by atoms with van der Waals surface area (Å²) in [5.41, 5.74) is -1.41. The normalized spacial score (nSPS) is 22.2. The molecular formula is C14H15N3O7S. The highest BCUT2D eigenvalue weighted by Gasteiger charge is 2.39. The van der Waals surface area contributed by atoms with E-state index in [0.717, 1.165) is 4.57 Å². The molecule has 1 aromatic rings. The summed E-state index contributed by atoms with van der Waals surface area (Å²) in [4.78, 5) is 48.0. The number of ether oxygens (including phenoxy) is 3. The molecule has 0 amide bonds. The van der Waals surface area contributed by atoms with Crippen molar-refractivity contribution < 1.29 is 23.8 Å². The van der Waals surface area contributed by atoms with Gasteiger partial charge in [-0.15, -0.1) is 0 Å². The zero-order chi connectivity index (χ0) is 18.6. The van der Waals surface area contributed by atoms with Crippen molar-refractivity contribution in [3.63, 3.8) is 0 Å². The second-order valence-electron chi connectivity index (χ2n) is 5.17. The third kappa shape index (κ3) is 4.71. The largest absolute Gasteiger partial charge is 0.463 e. The van der Waals surface area contributed by atoms with Crippen molar-refractivity contribution in [2.45, 2.75) is 43.6 Å². The molecule has 134 valence electrons. The van der Waals surface area contributed by atoms with Crippen LogP contribution in [-0.2, 0) is 23.8 Å². The lowest BCUT2D eigenvalue weighted by Gasteiger charge is -2.17. The van der Waals surface area contributed by atoms with Crippen molar-refractivity contribution >= 4 is 23.7 Å². The van der Waals surface area contributed by atoms with Gasteiger partial charge in [-0.2, -0.15) is 5.26 Å². The van der Waals surface area contributed by atoms with Crippen molar-refractivity contribution in [3.8, 4) is 5.40 Å². The molecule has 1 N–H and O–H groups in total. The van der Waals surface area contributed by atoms with Crippen LogP contribution in [0.5, 0.6) is 0 Å².